The van der Waals surface area contributed by atoms with Crippen LogP contribution in [-0.2, 0) is 9.84 Å². The van der Waals surface area contributed by atoms with Crippen molar-refractivity contribution in [1.29, 1.82) is 0 Å². The molecule has 2 aliphatic heterocycles. The largest absolute Gasteiger partial charge is 0.351 e. The number of carbonyl (C=O) groups excluding carboxylic acids is 1. The summed E-state index contributed by atoms with van der Waals surface area (Å²) < 4.78 is 22.4. The van der Waals surface area contributed by atoms with E-state index in [-0.39, 0.29) is 6.54 Å². The van der Waals surface area contributed by atoms with Gasteiger partial charge < -0.3 is 20.9 Å². The van der Waals surface area contributed by atoms with Crippen molar-refractivity contribution in [2.75, 3.05) is 43.9 Å². The lowest BCUT2D eigenvalue weighted by Gasteiger charge is -2.33. The summed E-state index contributed by atoms with van der Waals surface area (Å²) in [5.41, 5.74) is 5.05. The minimum absolute atomic E-state index is 0.252. The quantitative estimate of drug-likeness (QED) is 0.740. The summed E-state index contributed by atoms with van der Waals surface area (Å²) in [6.45, 7) is 3.40. The van der Waals surface area contributed by atoms with Crippen LogP contribution in [0.2, 0.25) is 0 Å². The highest BCUT2D eigenvalue weighted by Crippen LogP contribution is 2.13. The average Bonchev–Trinajstić information content (AvgIpc) is 2.63. The van der Waals surface area contributed by atoms with E-state index >= 15 is 0 Å². The molecule has 9 nitrogen and oxygen atoms in total. The normalized spacial score (nSPS) is 21.2. The number of carbonyl (C=O) groups is 1. The second-order valence-electron chi connectivity index (χ2n) is 6.12. The fourth-order valence-corrected chi connectivity index (χ4v) is 3.95. The van der Waals surface area contributed by atoms with Gasteiger partial charge in [0.25, 0.3) is 0 Å². The summed E-state index contributed by atoms with van der Waals surface area (Å²) in [6.07, 6.45) is 8.61. The van der Waals surface area contributed by atoms with E-state index in [1.807, 2.05) is 6.07 Å². The molecule has 1 aromatic heterocycles. The molecular formula is C15H26N6O3S. The van der Waals surface area contributed by atoms with Crippen LogP contribution in [0.3, 0.4) is 0 Å². The molecular weight excluding hydrogens is 344 g/mol. The zero-order chi connectivity index (χ0) is 18.3. The number of aromatic nitrogens is 2. The highest BCUT2D eigenvalue weighted by atomic mass is 32.2. The van der Waals surface area contributed by atoms with Crippen LogP contribution in [-0.4, -0.2) is 73.7 Å². The number of nitrogens with zero attached hydrogens (tertiary/aromatic N) is 4. The Morgan fingerprint density at radius 3 is 2.36 bits per heavy atom. The Morgan fingerprint density at radius 2 is 1.84 bits per heavy atom. The van der Waals surface area contributed by atoms with Crippen LogP contribution < -0.4 is 16.0 Å². The molecule has 2 amide bonds. The molecule has 1 atom stereocenters. The summed E-state index contributed by atoms with van der Waals surface area (Å²) in [4.78, 5) is 22.7. The molecule has 2 fully saturated rings. The van der Waals surface area contributed by atoms with Gasteiger partial charge in [-0.2, -0.15) is 0 Å². The van der Waals surface area contributed by atoms with Gasteiger partial charge in [0.05, 0.1) is 0 Å². The Bertz CT molecular complexity index is 648. The molecule has 1 aromatic rings. The van der Waals surface area contributed by atoms with Gasteiger partial charge in [0, 0.05) is 51.4 Å². The van der Waals surface area contributed by atoms with Crippen molar-refractivity contribution in [2.24, 2.45) is 5.73 Å². The van der Waals surface area contributed by atoms with E-state index in [1.54, 1.807) is 12.4 Å². The maximum atomic E-state index is 11.2. The van der Waals surface area contributed by atoms with Crippen LogP contribution in [0.1, 0.15) is 19.3 Å². The first-order chi connectivity index (χ1) is 11.9. The third kappa shape index (κ3) is 5.82. The van der Waals surface area contributed by atoms with Gasteiger partial charge in [-0.25, -0.2) is 23.2 Å². The first kappa shape index (κ1) is 19.4. The Labute approximate surface area is 148 Å². The predicted molar refractivity (Wildman–Crippen MR) is 95.9 cm³/mol. The summed E-state index contributed by atoms with van der Waals surface area (Å²) in [7, 11) is -3.26. The third-order valence-electron chi connectivity index (χ3n) is 4.16. The van der Waals surface area contributed by atoms with Crippen LogP contribution >= 0.6 is 0 Å². The van der Waals surface area contributed by atoms with Crippen LogP contribution in [0.15, 0.2) is 18.5 Å². The molecule has 3 heterocycles. The van der Waals surface area contributed by atoms with Crippen molar-refractivity contribution in [2.45, 2.75) is 24.6 Å². The fourth-order valence-electron chi connectivity index (χ4n) is 2.86. The van der Waals surface area contributed by atoms with E-state index in [1.165, 1.54) is 24.2 Å². The molecule has 10 heteroatoms. The number of nitrogens with two attached hydrogens (primary N) is 1. The van der Waals surface area contributed by atoms with Crippen molar-refractivity contribution in [3.05, 3.63) is 18.5 Å². The highest BCUT2D eigenvalue weighted by Gasteiger charge is 2.32. The highest BCUT2D eigenvalue weighted by molar-refractivity contribution is 7.91. The van der Waals surface area contributed by atoms with E-state index in [2.05, 4.69) is 20.2 Å². The first-order valence-electron chi connectivity index (χ1n) is 8.37. The minimum atomic E-state index is -3.26. The molecule has 1 unspecified atom stereocenters. The van der Waals surface area contributed by atoms with Gasteiger partial charge in [-0.1, -0.05) is 0 Å². The molecule has 0 aliphatic carbocycles. The number of amides is 2. The minimum Gasteiger partial charge on any atom is -0.351 e. The number of anilines is 1. The lowest BCUT2D eigenvalue weighted by molar-refractivity contribution is 0.189. The van der Waals surface area contributed by atoms with Crippen molar-refractivity contribution < 1.29 is 13.2 Å². The predicted octanol–water partition coefficient (Wildman–Crippen LogP) is -0.192. The fraction of sp³-hybridized carbons (Fsp3) is 0.667. The van der Waals surface area contributed by atoms with Crippen molar-refractivity contribution in [1.82, 2.24) is 20.2 Å². The van der Waals surface area contributed by atoms with Crippen LogP contribution in [0.4, 0.5) is 10.7 Å². The van der Waals surface area contributed by atoms with E-state index in [0.717, 1.165) is 25.3 Å². The summed E-state index contributed by atoms with van der Waals surface area (Å²) in [5.74, 6) is 0.886. The number of sulfone groups is 1. The molecule has 0 bridgehead atoms. The van der Waals surface area contributed by atoms with Gasteiger partial charge in [0.15, 0.2) is 9.84 Å². The molecule has 0 saturated carbocycles. The maximum Gasteiger partial charge on any atom is 0.315 e. The average molecular weight is 370 g/mol. The molecule has 2 saturated heterocycles. The first-order valence-corrected chi connectivity index (χ1v) is 10.3. The van der Waals surface area contributed by atoms with Gasteiger partial charge in [-0.3, -0.25) is 0 Å². The van der Waals surface area contributed by atoms with Gasteiger partial charge in [0.2, 0.25) is 5.95 Å². The molecule has 3 rings (SSSR count). The summed E-state index contributed by atoms with van der Waals surface area (Å²) in [6, 6.07) is 1.17. The number of hydrogen-bond acceptors (Lipinski definition) is 7. The standard InChI is InChI=1S/C9H13N3.C6H13N3O3S/c1-2-7-12(8-3-1)9-10-5-4-6-11-9;1-13(11,12)5-4-8-2-3-9(5)6(7)10/h4-6H,1-3,7-8H2;5,8H,2-4H2,1H3,(H2,7,10). The zero-order valence-corrected chi connectivity index (χ0v) is 15.3. The monoisotopic (exact) mass is 370 g/mol. The molecule has 140 valence electrons. The Kier molecular flexibility index (Phi) is 6.94. The molecule has 3 N–H and O–H groups in total. The van der Waals surface area contributed by atoms with Gasteiger partial charge in [0.1, 0.15) is 5.37 Å². The number of piperazine rings is 1. The van der Waals surface area contributed by atoms with Crippen LogP contribution in [0.5, 0.6) is 0 Å². The van der Waals surface area contributed by atoms with Gasteiger partial charge >= 0.3 is 6.03 Å². The number of hydrogen-bond donors (Lipinski definition) is 2. The van der Waals surface area contributed by atoms with Crippen molar-refractivity contribution in [3.63, 3.8) is 0 Å². The smallest absolute Gasteiger partial charge is 0.315 e. The molecule has 0 radical (unpaired) electrons. The van der Waals surface area contributed by atoms with Gasteiger partial charge in [-0.05, 0) is 25.3 Å². The van der Waals surface area contributed by atoms with Crippen LogP contribution in [0.25, 0.3) is 0 Å². The van der Waals surface area contributed by atoms with Crippen molar-refractivity contribution >= 4 is 21.8 Å². The Hall–Kier alpha value is -1.94. The molecule has 0 spiro atoms. The molecule has 25 heavy (non-hydrogen) atoms. The Balaban J connectivity index is 0.000000181. The second kappa shape index (κ2) is 8.95. The van der Waals surface area contributed by atoms with Crippen LogP contribution in [0, 0.1) is 0 Å². The number of urea groups is 1. The lowest BCUT2D eigenvalue weighted by Crippen LogP contribution is -2.58. The number of primary amides is 1. The van der Waals surface area contributed by atoms with E-state index < -0.39 is 21.2 Å². The topological polar surface area (TPSA) is 122 Å². The summed E-state index contributed by atoms with van der Waals surface area (Å²) >= 11 is 0. The number of rotatable bonds is 2. The van der Waals surface area contributed by atoms with E-state index in [9.17, 15) is 13.2 Å². The maximum absolute atomic E-state index is 11.2. The summed E-state index contributed by atoms with van der Waals surface area (Å²) in [5, 5.41) is 2.08. The van der Waals surface area contributed by atoms with Gasteiger partial charge in [-0.15, -0.1) is 0 Å². The van der Waals surface area contributed by atoms with Crippen molar-refractivity contribution in [3.8, 4) is 0 Å². The SMILES string of the molecule is CS(=O)(=O)C1CNCCN1C(N)=O.c1cnc(N2CCCCC2)nc1. The molecule has 0 aromatic carbocycles. The number of piperidine rings is 1. The zero-order valence-electron chi connectivity index (χ0n) is 14.5. The van der Waals surface area contributed by atoms with E-state index in [4.69, 9.17) is 5.73 Å². The number of nitrogens with one attached hydrogen (secondary N) is 1. The third-order valence-corrected chi connectivity index (χ3v) is 5.57. The molecule has 2 aliphatic rings. The second-order valence-corrected chi connectivity index (χ2v) is 8.32. The Morgan fingerprint density at radius 1 is 1.20 bits per heavy atom. The lowest BCUT2D eigenvalue weighted by atomic mass is 10.1. The van der Waals surface area contributed by atoms with E-state index in [0.29, 0.717) is 13.1 Å².